The first-order chi connectivity index (χ1) is 7.92. The molecular weight excluding hydrogens is 212 g/mol. The minimum atomic E-state index is 0.278. The average Bonchev–Trinajstić information content (AvgIpc) is 2.38. The maximum atomic E-state index is 4.17. The van der Waals surface area contributed by atoms with Crippen LogP contribution < -0.4 is 0 Å². The molecule has 0 saturated carbocycles. The fourth-order valence-electron chi connectivity index (χ4n) is 1.73. The van der Waals surface area contributed by atoms with Crippen molar-refractivity contribution in [1.82, 2.24) is 9.97 Å². The third kappa shape index (κ3) is 2.43. The maximum Gasteiger partial charge on any atom is 0.0309 e. The number of allylic oxidation sites excluding steroid dienone is 1. The Kier molecular flexibility index (Phi) is 3.61. The highest BCUT2D eigenvalue weighted by Gasteiger charge is 2.09. The zero-order valence-corrected chi connectivity index (χ0v) is 11.2. The molecule has 0 aliphatic carbocycles. The van der Waals surface area contributed by atoms with Crippen LogP contribution in [0.4, 0.5) is 0 Å². The third-order valence-electron chi connectivity index (χ3n) is 2.47. The van der Waals surface area contributed by atoms with Crippen molar-refractivity contribution in [2.45, 2.75) is 5.92 Å². The van der Waals surface area contributed by atoms with Crippen molar-refractivity contribution in [1.29, 1.82) is 0 Å². The summed E-state index contributed by atoms with van der Waals surface area (Å²) in [6.07, 6.45) is 9.65. The quantitative estimate of drug-likeness (QED) is 0.741. The zero-order chi connectivity index (χ0) is 11.2. The van der Waals surface area contributed by atoms with Crippen LogP contribution in [-0.2, 0) is 0 Å². The molecule has 0 radical (unpaired) electrons. The molecule has 0 saturated heterocycles. The van der Waals surface area contributed by atoms with Crippen molar-refractivity contribution in [3.05, 3.63) is 72.0 Å². The van der Waals surface area contributed by atoms with Crippen LogP contribution in [0.15, 0.2) is 60.8 Å². The van der Waals surface area contributed by atoms with Gasteiger partial charge < -0.3 is 0 Å². The summed E-state index contributed by atoms with van der Waals surface area (Å²) in [6, 6.07) is 8.15. The maximum absolute atomic E-state index is 4.17. The van der Waals surface area contributed by atoms with Crippen LogP contribution in [0.5, 0.6) is 0 Å². The van der Waals surface area contributed by atoms with E-state index >= 15 is 0 Å². The van der Waals surface area contributed by atoms with E-state index in [4.69, 9.17) is 0 Å². The van der Waals surface area contributed by atoms with Gasteiger partial charge in [-0.1, -0.05) is 18.2 Å². The van der Waals surface area contributed by atoms with Crippen LogP contribution in [-0.4, -0.2) is 20.2 Å². The summed E-state index contributed by atoms with van der Waals surface area (Å²) in [7, 11) is 1.07. The topological polar surface area (TPSA) is 25.8 Å². The predicted molar refractivity (Wildman–Crippen MR) is 69.4 cm³/mol. The highest BCUT2D eigenvalue weighted by molar-refractivity contribution is 6.17. The summed E-state index contributed by atoms with van der Waals surface area (Å²) in [4.78, 5) is 8.34. The van der Waals surface area contributed by atoms with Gasteiger partial charge in [-0.2, -0.15) is 0 Å². The second-order valence-electron chi connectivity index (χ2n) is 3.58. The van der Waals surface area contributed by atoms with E-state index in [1.165, 1.54) is 11.1 Å². The summed E-state index contributed by atoms with van der Waals surface area (Å²) in [5.41, 5.74) is 4.62. The van der Waals surface area contributed by atoms with Crippen LogP contribution in [0.3, 0.4) is 0 Å². The van der Waals surface area contributed by atoms with Gasteiger partial charge in [-0.25, -0.2) is 0 Å². The Labute approximate surface area is 98.5 Å². The largest absolute Gasteiger partial charge is 0.264 e. The Balaban J connectivity index is 2.39. The van der Waals surface area contributed by atoms with Crippen LogP contribution >= 0.6 is 0 Å². The fourth-order valence-corrected chi connectivity index (χ4v) is 2.11. The summed E-state index contributed by atoms with van der Waals surface area (Å²) in [5, 5.41) is 0. The molecule has 0 N–H and O–H groups in total. The fraction of sp³-hybridized carbons (Fsp3) is 0.0769. The van der Waals surface area contributed by atoms with Gasteiger partial charge >= 0.3 is 0 Å². The molecule has 80 valence electrons. The predicted octanol–water partition coefficient (Wildman–Crippen LogP) is 1.49. The van der Waals surface area contributed by atoms with E-state index in [0.29, 0.717) is 0 Å². The first-order valence-corrected chi connectivity index (χ1v) is 6.50. The second kappa shape index (κ2) is 5.37. The normalized spacial score (nSPS) is 11.3. The lowest BCUT2D eigenvalue weighted by molar-refractivity contribution is 0.993. The Morgan fingerprint density at radius 1 is 1.00 bits per heavy atom. The smallest absolute Gasteiger partial charge is 0.0309 e. The Bertz CT molecular complexity index is 414. The molecule has 16 heavy (non-hydrogen) atoms. The molecule has 0 atom stereocenters. The molecule has 3 heteroatoms. The van der Waals surface area contributed by atoms with Crippen LogP contribution in [0.1, 0.15) is 17.0 Å². The Morgan fingerprint density at radius 3 is 1.94 bits per heavy atom. The second-order valence-corrected chi connectivity index (χ2v) is 4.24. The van der Waals surface area contributed by atoms with Gasteiger partial charge in [0.05, 0.1) is 0 Å². The zero-order valence-electron chi connectivity index (χ0n) is 9.25. The molecule has 0 unspecified atom stereocenters. The van der Waals surface area contributed by atoms with Crippen LogP contribution in [0, 0.1) is 0 Å². The summed E-state index contributed by atoms with van der Waals surface area (Å²) >= 11 is 0. The average molecular weight is 226 g/mol. The lowest BCUT2D eigenvalue weighted by atomic mass is 9.94. The van der Waals surface area contributed by atoms with E-state index in [1.807, 2.05) is 24.5 Å². The van der Waals surface area contributed by atoms with Gasteiger partial charge in [0.1, 0.15) is 0 Å². The molecule has 0 amide bonds. The van der Waals surface area contributed by atoms with E-state index in [0.717, 1.165) is 10.2 Å². The van der Waals surface area contributed by atoms with Crippen molar-refractivity contribution in [3.63, 3.8) is 0 Å². The van der Waals surface area contributed by atoms with Crippen molar-refractivity contribution in [2.24, 2.45) is 0 Å². The molecular formula is C13H14N2Si. The lowest BCUT2D eigenvalue weighted by Gasteiger charge is -2.12. The Morgan fingerprint density at radius 2 is 1.56 bits per heavy atom. The van der Waals surface area contributed by atoms with Gasteiger partial charge in [-0.05, 0) is 23.3 Å². The van der Waals surface area contributed by atoms with Crippen molar-refractivity contribution in [2.75, 3.05) is 0 Å². The van der Waals surface area contributed by atoms with E-state index in [9.17, 15) is 0 Å². The van der Waals surface area contributed by atoms with E-state index < -0.39 is 0 Å². The van der Waals surface area contributed by atoms with Gasteiger partial charge in [0, 0.05) is 40.9 Å². The SMILES string of the molecule is [SiH3]C=CC(c1cccnc1)c1cccnc1. The molecule has 0 aliphatic rings. The highest BCUT2D eigenvalue weighted by Crippen LogP contribution is 2.24. The number of aromatic nitrogens is 2. The molecule has 2 rings (SSSR count). The molecule has 2 heterocycles. The summed E-state index contributed by atoms with van der Waals surface area (Å²) in [6.45, 7) is 0. The summed E-state index contributed by atoms with van der Waals surface area (Å²) < 4.78 is 0. The molecule has 0 aliphatic heterocycles. The van der Waals surface area contributed by atoms with Gasteiger partial charge in [0.25, 0.3) is 0 Å². The number of hydrogen-bond donors (Lipinski definition) is 0. The van der Waals surface area contributed by atoms with Crippen molar-refractivity contribution < 1.29 is 0 Å². The van der Waals surface area contributed by atoms with Gasteiger partial charge in [0.2, 0.25) is 0 Å². The van der Waals surface area contributed by atoms with E-state index in [1.54, 1.807) is 12.4 Å². The molecule has 2 aromatic rings. The minimum Gasteiger partial charge on any atom is -0.264 e. The lowest BCUT2D eigenvalue weighted by Crippen LogP contribution is -1.98. The number of hydrogen-bond acceptors (Lipinski definition) is 2. The minimum absolute atomic E-state index is 0.278. The van der Waals surface area contributed by atoms with Gasteiger partial charge in [0.15, 0.2) is 0 Å². The first-order valence-electron chi connectivity index (χ1n) is 5.34. The highest BCUT2D eigenvalue weighted by atomic mass is 28.1. The van der Waals surface area contributed by atoms with Crippen molar-refractivity contribution in [3.8, 4) is 0 Å². The molecule has 2 aromatic heterocycles. The van der Waals surface area contributed by atoms with Gasteiger partial charge in [-0.15, -0.1) is 5.70 Å². The summed E-state index contributed by atoms with van der Waals surface area (Å²) in [5.74, 6) is 0.278. The standard InChI is InChI=1S/C13H14N2Si/c16-8-5-13(11-3-1-6-14-9-11)12-4-2-7-15-10-12/h1-10,13H,16H3. The molecule has 0 fully saturated rings. The van der Waals surface area contributed by atoms with E-state index in [-0.39, 0.29) is 5.92 Å². The number of pyridine rings is 2. The number of rotatable bonds is 3. The number of nitrogens with zero attached hydrogens (tertiary/aromatic N) is 2. The van der Waals surface area contributed by atoms with Crippen LogP contribution in [0.2, 0.25) is 0 Å². The van der Waals surface area contributed by atoms with E-state index in [2.05, 4.69) is 33.9 Å². The monoisotopic (exact) mass is 226 g/mol. The van der Waals surface area contributed by atoms with Crippen LogP contribution in [0.25, 0.3) is 0 Å². The molecule has 0 bridgehead atoms. The third-order valence-corrected chi connectivity index (χ3v) is 2.86. The molecule has 2 nitrogen and oxygen atoms in total. The molecule has 0 aromatic carbocycles. The Hall–Kier alpha value is -1.74. The van der Waals surface area contributed by atoms with Crippen molar-refractivity contribution >= 4 is 10.2 Å². The first kappa shape index (κ1) is 10.8. The van der Waals surface area contributed by atoms with Gasteiger partial charge in [-0.3, -0.25) is 9.97 Å². The molecule has 0 spiro atoms.